The van der Waals surface area contributed by atoms with Crippen LogP contribution in [0.25, 0.3) is 0 Å². The average Bonchev–Trinajstić information content (AvgIpc) is 2.35. The van der Waals surface area contributed by atoms with Crippen LogP contribution in [0.2, 0.25) is 0 Å². The summed E-state index contributed by atoms with van der Waals surface area (Å²) in [5, 5.41) is 0. The van der Waals surface area contributed by atoms with Gasteiger partial charge in [0.15, 0.2) is 0 Å². The maximum atomic E-state index is 13.5. The first-order valence-electron chi connectivity index (χ1n) is 5.64. The molecule has 0 amide bonds. The predicted molar refractivity (Wildman–Crippen MR) is 67.4 cm³/mol. The molecule has 1 atom stereocenters. The maximum Gasteiger partial charge on any atom is 0.324 e. The molecule has 106 valence electrons. The number of ether oxygens (including phenoxy) is 1. The molecule has 0 heterocycles. The second-order valence-electron chi connectivity index (χ2n) is 4.30. The number of sulfonamides is 1. The fourth-order valence-corrected chi connectivity index (χ4v) is 2.89. The van der Waals surface area contributed by atoms with Gasteiger partial charge < -0.3 is 4.74 Å². The third-order valence-electron chi connectivity index (χ3n) is 2.53. The molecule has 0 fully saturated rings. The molecule has 0 aliphatic heterocycles. The molecule has 5 nitrogen and oxygen atoms in total. The van der Waals surface area contributed by atoms with E-state index in [0.717, 1.165) is 19.2 Å². The first kappa shape index (κ1) is 15.6. The van der Waals surface area contributed by atoms with Crippen molar-refractivity contribution in [1.82, 2.24) is 4.72 Å². The van der Waals surface area contributed by atoms with Crippen molar-refractivity contribution in [2.75, 3.05) is 7.11 Å². The Morgan fingerprint density at radius 3 is 2.37 bits per heavy atom. The lowest BCUT2D eigenvalue weighted by Gasteiger charge is -2.19. The Bertz CT molecular complexity index is 557. The van der Waals surface area contributed by atoms with Crippen LogP contribution in [0.1, 0.15) is 13.8 Å². The molecular formula is C12H16FNO4S. The number of methoxy groups -OCH3 is 1. The fourth-order valence-electron chi connectivity index (χ4n) is 1.48. The van der Waals surface area contributed by atoms with Crippen LogP contribution >= 0.6 is 0 Å². The Labute approximate surface area is 111 Å². The average molecular weight is 289 g/mol. The second kappa shape index (κ2) is 6.12. The summed E-state index contributed by atoms with van der Waals surface area (Å²) in [6.45, 7) is 3.32. The monoisotopic (exact) mass is 289 g/mol. The van der Waals surface area contributed by atoms with Crippen molar-refractivity contribution < 1.29 is 22.3 Å². The molecule has 0 unspecified atom stereocenters. The number of hydrogen-bond donors (Lipinski definition) is 1. The minimum absolute atomic E-state index is 0.325. The maximum absolute atomic E-state index is 13.5. The molecule has 0 aliphatic carbocycles. The second-order valence-corrected chi connectivity index (χ2v) is 5.98. The Hall–Kier alpha value is -1.47. The van der Waals surface area contributed by atoms with Gasteiger partial charge in [0.05, 0.1) is 7.11 Å². The molecule has 1 N–H and O–H groups in total. The van der Waals surface area contributed by atoms with Gasteiger partial charge in [0.25, 0.3) is 0 Å². The van der Waals surface area contributed by atoms with Gasteiger partial charge in [-0.3, -0.25) is 4.79 Å². The molecule has 0 saturated heterocycles. The first-order chi connectivity index (χ1) is 8.79. The Morgan fingerprint density at radius 2 is 1.89 bits per heavy atom. The number of hydrogen-bond acceptors (Lipinski definition) is 4. The first-order valence-corrected chi connectivity index (χ1v) is 7.12. The predicted octanol–water partition coefficient (Wildman–Crippen LogP) is 1.30. The smallest absolute Gasteiger partial charge is 0.324 e. The highest BCUT2D eigenvalue weighted by molar-refractivity contribution is 7.89. The van der Waals surface area contributed by atoms with Crippen LogP contribution in [0.3, 0.4) is 0 Å². The van der Waals surface area contributed by atoms with E-state index in [1.165, 1.54) is 12.1 Å². The van der Waals surface area contributed by atoms with Crippen molar-refractivity contribution in [1.29, 1.82) is 0 Å². The highest BCUT2D eigenvalue weighted by atomic mass is 32.2. The van der Waals surface area contributed by atoms with Crippen molar-refractivity contribution in [2.24, 2.45) is 5.92 Å². The molecular weight excluding hydrogens is 273 g/mol. The normalized spacial score (nSPS) is 13.3. The van der Waals surface area contributed by atoms with Gasteiger partial charge in [-0.05, 0) is 18.1 Å². The molecule has 0 bridgehead atoms. The van der Waals surface area contributed by atoms with Gasteiger partial charge in [-0.15, -0.1) is 0 Å². The third-order valence-corrected chi connectivity index (χ3v) is 4.00. The van der Waals surface area contributed by atoms with Gasteiger partial charge in [-0.25, -0.2) is 12.8 Å². The summed E-state index contributed by atoms with van der Waals surface area (Å²) in [5.41, 5.74) is 0. The van der Waals surface area contributed by atoms with E-state index in [-0.39, 0.29) is 5.92 Å². The Balaban J connectivity index is 3.08. The topological polar surface area (TPSA) is 72.5 Å². The van der Waals surface area contributed by atoms with Crippen molar-refractivity contribution in [3.8, 4) is 0 Å². The standard InChI is InChI=1S/C12H16FNO4S/c1-8(2)11(12(15)18-3)14-19(16,17)10-7-5-4-6-9(10)13/h4-8,11,14H,1-3H3/t11-/m0/s1. The molecule has 1 rings (SSSR count). The SMILES string of the molecule is COC(=O)[C@@H](NS(=O)(=O)c1ccccc1F)C(C)C. The molecule has 7 heteroatoms. The zero-order valence-electron chi connectivity index (χ0n) is 10.9. The number of carbonyl (C=O) groups excluding carboxylic acids is 1. The van der Waals surface area contributed by atoms with E-state index in [1.807, 2.05) is 0 Å². The summed E-state index contributed by atoms with van der Waals surface area (Å²) < 4.78 is 44.2. The molecule has 19 heavy (non-hydrogen) atoms. The Morgan fingerprint density at radius 1 is 1.32 bits per heavy atom. The van der Waals surface area contributed by atoms with Crippen LogP contribution in [0, 0.1) is 11.7 Å². The van der Waals surface area contributed by atoms with Crippen LogP contribution in [0.15, 0.2) is 29.2 Å². The number of nitrogens with one attached hydrogen (secondary N) is 1. The summed E-state index contributed by atoms with van der Waals surface area (Å²) in [5.74, 6) is -1.91. The molecule has 1 aromatic carbocycles. The summed E-state index contributed by atoms with van der Waals surface area (Å²) in [4.78, 5) is 11.0. The van der Waals surface area contributed by atoms with Crippen molar-refractivity contribution >= 4 is 16.0 Å². The largest absolute Gasteiger partial charge is 0.468 e. The third kappa shape index (κ3) is 3.74. The van der Waals surface area contributed by atoms with Crippen molar-refractivity contribution in [3.05, 3.63) is 30.1 Å². The highest BCUT2D eigenvalue weighted by Gasteiger charge is 2.30. The lowest BCUT2D eigenvalue weighted by atomic mass is 10.1. The van der Waals surface area contributed by atoms with E-state index in [4.69, 9.17) is 0 Å². The summed E-state index contributed by atoms with van der Waals surface area (Å²) in [6.07, 6.45) is 0. The quantitative estimate of drug-likeness (QED) is 0.829. The van der Waals surface area contributed by atoms with Crippen molar-refractivity contribution in [2.45, 2.75) is 24.8 Å². The number of benzene rings is 1. The summed E-state index contributed by atoms with van der Waals surface area (Å²) in [6, 6.07) is 3.90. The summed E-state index contributed by atoms with van der Waals surface area (Å²) >= 11 is 0. The van der Waals surface area contributed by atoms with Gasteiger partial charge >= 0.3 is 5.97 Å². The summed E-state index contributed by atoms with van der Waals surface area (Å²) in [7, 11) is -2.95. The minimum atomic E-state index is -4.12. The van der Waals surface area contributed by atoms with E-state index in [0.29, 0.717) is 0 Å². The molecule has 0 aliphatic rings. The van der Waals surface area contributed by atoms with Crippen molar-refractivity contribution in [3.63, 3.8) is 0 Å². The van der Waals surface area contributed by atoms with Gasteiger partial charge in [-0.2, -0.15) is 4.72 Å². The number of esters is 1. The zero-order chi connectivity index (χ0) is 14.6. The molecule has 0 spiro atoms. The Kier molecular flexibility index (Phi) is 5.02. The fraction of sp³-hybridized carbons (Fsp3) is 0.417. The van der Waals surface area contributed by atoms with Gasteiger partial charge in [-0.1, -0.05) is 26.0 Å². The van der Waals surface area contributed by atoms with E-state index >= 15 is 0 Å². The van der Waals surface area contributed by atoms with Gasteiger partial charge in [0.2, 0.25) is 10.0 Å². The van der Waals surface area contributed by atoms with E-state index in [2.05, 4.69) is 9.46 Å². The highest BCUT2D eigenvalue weighted by Crippen LogP contribution is 2.15. The van der Waals surface area contributed by atoms with Crippen LogP contribution in [0.5, 0.6) is 0 Å². The van der Waals surface area contributed by atoms with E-state index < -0.39 is 32.7 Å². The number of carbonyl (C=O) groups is 1. The lowest BCUT2D eigenvalue weighted by Crippen LogP contribution is -2.45. The van der Waals surface area contributed by atoms with Crippen LogP contribution in [-0.2, 0) is 19.6 Å². The van der Waals surface area contributed by atoms with Gasteiger partial charge in [0, 0.05) is 0 Å². The lowest BCUT2D eigenvalue weighted by molar-refractivity contribution is -0.143. The number of halogens is 1. The molecule has 0 saturated carbocycles. The van der Waals surface area contributed by atoms with Crippen LogP contribution in [-0.4, -0.2) is 27.5 Å². The molecule has 0 aromatic heterocycles. The van der Waals surface area contributed by atoms with Crippen LogP contribution < -0.4 is 4.72 Å². The number of rotatable bonds is 5. The molecule has 1 aromatic rings. The van der Waals surface area contributed by atoms with E-state index in [1.54, 1.807) is 13.8 Å². The zero-order valence-corrected chi connectivity index (χ0v) is 11.7. The van der Waals surface area contributed by atoms with Crippen LogP contribution in [0.4, 0.5) is 4.39 Å². The minimum Gasteiger partial charge on any atom is -0.468 e. The molecule has 0 radical (unpaired) electrons. The van der Waals surface area contributed by atoms with E-state index in [9.17, 15) is 17.6 Å². The van der Waals surface area contributed by atoms with Gasteiger partial charge in [0.1, 0.15) is 16.8 Å².